The Labute approximate surface area is 157 Å². The molecule has 24 heavy (non-hydrogen) atoms. The number of fused-ring (bicyclic) bond motifs is 1. The van der Waals surface area contributed by atoms with Gasteiger partial charge < -0.3 is 0 Å². The van der Waals surface area contributed by atoms with E-state index in [9.17, 15) is 4.79 Å². The number of carbonyl (C=O) groups excluding carboxylic acids is 1. The number of nitrogens with one attached hydrogen (secondary N) is 2. The van der Waals surface area contributed by atoms with Crippen molar-refractivity contribution < 1.29 is 9.53 Å². The number of ether oxygens (including phenoxy) is 1. The second kappa shape index (κ2) is 7.83. The van der Waals surface area contributed by atoms with Gasteiger partial charge in [-0.15, -0.1) is 0 Å². The van der Waals surface area contributed by atoms with Crippen LogP contribution in [0.4, 0.5) is 0 Å². The van der Waals surface area contributed by atoms with Gasteiger partial charge in [-0.25, -0.2) is 0 Å². The summed E-state index contributed by atoms with van der Waals surface area (Å²) in [5.41, 5.74) is 3.34. The van der Waals surface area contributed by atoms with E-state index in [1.807, 2.05) is 42.6 Å². The molecule has 0 aliphatic heterocycles. The Hall–Kier alpha value is -1.83. The molecule has 120 valence electrons. The summed E-state index contributed by atoms with van der Waals surface area (Å²) in [5, 5.41) is 4.26. The quantitative estimate of drug-likeness (QED) is 0.500. The molecule has 2 N–H and O–H groups in total. The van der Waals surface area contributed by atoms with Gasteiger partial charge in [-0.3, -0.25) is 0 Å². The molecule has 0 unspecified atom stereocenters. The number of hydrogen-bond donors (Lipinski definition) is 2. The molecule has 0 bridgehead atoms. The molecule has 0 saturated heterocycles. The molecule has 0 aliphatic rings. The molecule has 3 rings (SSSR count). The van der Waals surface area contributed by atoms with Gasteiger partial charge in [0.05, 0.1) is 0 Å². The van der Waals surface area contributed by atoms with Crippen molar-refractivity contribution in [2.45, 2.75) is 16.4 Å². The van der Waals surface area contributed by atoms with E-state index in [4.69, 9.17) is 4.74 Å². The van der Waals surface area contributed by atoms with Crippen LogP contribution in [0.5, 0.6) is 5.75 Å². The molecule has 3 aromatic rings. The molecule has 0 fully saturated rings. The Morgan fingerprint density at radius 3 is 2.75 bits per heavy atom. The van der Waals surface area contributed by atoms with Crippen LogP contribution in [-0.2, 0) is 17.8 Å². The first kappa shape index (κ1) is 17.0. The summed E-state index contributed by atoms with van der Waals surface area (Å²) in [6, 6.07) is 16.0. The number of para-hydroxylation sites is 2. The minimum atomic E-state index is 0.0684. The number of aromatic nitrogens is 1. The van der Waals surface area contributed by atoms with Gasteiger partial charge in [-0.05, 0) is 0 Å². The fourth-order valence-corrected chi connectivity index (χ4v) is 4.24. The van der Waals surface area contributed by atoms with Crippen molar-refractivity contribution in [2.24, 2.45) is 0 Å². The summed E-state index contributed by atoms with van der Waals surface area (Å²) in [5.74, 6) is 0.929. The van der Waals surface area contributed by atoms with Gasteiger partial charge >= 0.3 is 158 Å². The number of benzene rings is 2. The van der Waals surface area contributed by atoms with Gasteiger partial charge in [-0.1, -0.05) is 0 Å². The first-order valence-corrected chi connectivity index (χ1v) is 10.5. The summed E-state index contributed by atoms with van der Waals surface area (Å²) < 4.78 is 5.39. The number of H-pyrrole nitrogens is 1. The van der Waals surface area contributed by atoms with Gasteiger partial charge in [0, 0.05) is 0 Å². The first-order chi connectivity index (χ1) is 11.7. The van der Waals surface area contributed by atoms with Crippen molar-refractivity contribution in [3.05, 3.63) is 65.9 Å². The van der Waals surface area contributed by atoms with Gasteiger partial charge in [0.15, 0.2) is 0 Å². The molecule has 0 aliphatic carbocycles. The van der Waals surface area contributed by atoms with Crippen molar-refractivity contribution in [1.29, 1.82) is 0 Å². The van der Waals surface area contributed by atoms with Gasteiger partial charge in [0.1, 0.15) is 0 Å². The number of methoxy groups -OCH3 is 1. The maximum atomic E-state index is 12.5. The number of aromatic amines is 1. The summed E-state index contributed by atoms with van der Waals surface area (Å²) >= 11 is 0.585. The monoisotopic (exact) mass is 512 g/mol. The zero-order chi connectivity index (χ0) is 16.9. The molecule has 1 heterocycles. The van der Waals surface area contributed by atoms with E-state index >= 15 is 0 Å². The topological polar surface area (TPSA) is 54.1 Å². The van der Waals surface area contributed by atoms with Gasteiger partial charge in [0.2, 0.25) is 0 Å². The summed E-state index contributed by atoms with van der Waals surface area (Å²) in [6.07, 6.45) is 2.81. The number of amides is 1. The second-order valence-corrected chi connectivity index (χ2v) is 8.83. The molecule has 1 amide bonds. The van der Waals surface area contributed by atoms with Gasteiger partial charge in [-0.2, -0.15) is 0 Å². The van der Waals surface area contributed by atoms with Crippen molar-refractivity contribution in [2.75, 3.05) is 7.11 Å². The average molecular weight is 512 g/mol. The van der Waals surface area contributed by atoms with E-state index in [2.05, 4.69) is 22.4 Å². The van der Waals surface area contributed by atoms with Crippen LogP contribution in [0.3, 0.4) is 0 Å². The molecule has 0 saturated carbocycles. The van der Waals surface area contributed by atoms with Crippen LogP contribution in [0.2, 0.25) is 3.48 Å². The Balaban J connectivity index is 1.63. The van der Waals surface area contributed by atoms with E-state index in [-0.39, 0.29) is 9.38 Å². The standard InChI is InChI=1S/C19H19N2O2.Tl/c1-23-18-9-5-2-6-15(18)13-21-19(22)11-10-14-12-20-17-8-4-3-7-16(14)17;/h2-9,11-12,20H,10,13H2,1H3,(H,21,22);. The Kier molecular flexibility index (Phi) is 5.55. The van der Waals surface area contributed by atoms with Crippen molar-refractivity contribution in [3.63, 3.8) is 0 Å². The van der Waals surface area contributed by atoms with Crippen LogP contribution in [0.25, 0.3) is 10.9 Å². The molecular formula is C19H19N2O2Tl. The Bertz CT molecular complexity index is 844. The van der Waals surface area contributed by atoms with Crippen LogP contribution < -0.4 is 10.1 Å². The zero-order valence-corrected chi connectivity index (χ0v) is 18.1. The molecule has 2 aromatic carbocycles. The zero-order valence-electron chi connectivity index (χ0n) is 13.6. The minimum absolute atomic E-state index is 0.0684. The fraction of sp³-hybridized carbons (Fsp3) is 0.211. The van der Waals surface area contributed by atoms with Crippen LogP contribution in [0, 0.1) is 0 Å². The Morgan fingerprint density at radius 2 is 1.92 bits per heavy atom. The van der Waals surface area contributed by atoms with E-state index in [0.717, 1.165) is 23.3 Å². The predicted molar refractivity (Wildman–Crippen MR) is 96.3 cm³/mol. The molecule has 0 spiro atoms. The van der Waals surface area contributed by atoms with Crippen LogP contribution >= 0.6 is 0 Å². The van der Waals surface area contributed by atoms with E-state index < -0.39 is 0 Å². The van der Waals surface area contributed by atoms with Crippen molar-refractivity contribution >= 4 is 42.6 Å². The van der Waals surface area contributed by atoms with Crippen molar-refractivity contribution in [1.82, 2.24) is 10.3 Å². The van der Waals surface area contributed by atoms with Crippen LogP contribution in [-0.4, -0.2) is 43.8 Å². The van der Waals surface area contributed by atoms with E-state index in [1.165, 1.54) is 10.9 Å². The van der Waals surface area contributed by atoms with Crippen LogP contribution in [0.15, 0.2) is 54.7 Å². The molecule has 4 nitrogen and oxygen atoms in total. The molecule has 0 radical (unpaired) electrons. The first-order valence-electron chi connectivity index (χ1n) is 7.89. The van der Waals surface area contributed by atoms with Crippen molar-refractivity contribution in [3.8, 4) is 5.75 Å². The van der Waals surface area contributed by atoms with E-state index in [0.29, 0.717) is 32.3 Å². The average Bonchev–Trinajstić information content (AvgIpc) is 3.03. The number of carbonyl (C=O) groups is 1. The molecule has 1 atom stereocenters. The third-order valence-electron chi connectivity index (χ3n) is 4.10. The SMILES string of the molecule is COc1ccccc1CNC(=O)[C@H]([Tl])Cc1c[nH]c2ccccc12. The third kappa shape index (κ3) is 3.80. The second-order valence-electron chi connectivity index (χ2n) is 5.70. The molecule has 5 heteroatoms. The molecule has 1 aromatic heterocycles. The number of hydrogen-bond acceptors (Lipinski definition) is 2. The number of rotatable bonds is 6. The van der Waals surface area contributed by atoms with E-state index in [1.54, 1.807) is 7.11 Å². The van der Waals surface area contributed by atoms with Crippen LogP contribution in [0.1, 0.15) is 11.1 Å². The predicted octanol–water partition coefficient (Wildman–Crippen LogP) is 2.99. The summed E-state index contributed by atoms with van der Waals surface area (Å²) in [7, 11) is 1.65. The molecular weight excluding hydrogens is 493 g/mol. The Morgan fingerprint density at radius 1 is 1.17 bits per heavy atom. The fourth-order valence-electron chi connectivity index (χ4n) is 2.79. The third-order valence-corrected chi connectivity index (χ3v) is 6.19. The summed E-state index contributed by atoms with van der Waals surface area (Å²) in [4.78, 5) is 15.7. The summed E-state index contributed by atoms with van der Waals surface area (Å²) in [6.45, 7) is 0.500. The van der Waals surface area contributed by atoms with Gasteiger partial charge in [0.25, 0.3) is 0 Å². The normalized spacial score (nSPS) is 12.0. The maximum absolute atomic E-state index is 12.5.